The second kappa shape index (κ2) is 7.96. The second-order valence-corrected chi connectivity index (χ2v) is 9.92. The van der Waals surface area contributed by atoms with Crippen molar-refractivity contribution in [2.45, 2.75) is 63.3 Å². The Morgan fingerprint density at radius 3 is 2.20 bits per heavy atom. The molecule has 3 rings (SSSR count). The Bertz CT molecular complexity index is 1080. The highest BCUT2D eigenvalue weighted by Gasteiger charge is 2.45. The van der Waals surface area contributed by atoms with Gasteiger partial charge < -0.3 is 5.73 Å². The maximum Gasteiger partial charge on any atom is 0.239 e. The van der Waals surface area contributed by atoms with Crippen LogP contribution in [-0.4, -0.2) is 36.6 Å². The molecule has 2 heterocycles. The number of nitrogens with zero attached hydrogens (tertiary/aromatic N) is 3. The Balaban J connectivity index is 2.03. The molecule has 1 saturated heterocycles. The van der Waals surface area contributed by atoms with Gasteiger partial charge in [-0.05, 0) is 37.1 Å². The van der Waals surface area contributed by atoms with Crippen molar-refractivity contribution < 1.29 is 18.0 Å². The predicted octanol–water partition coefficient (Wildman–Crippen LogP) is 2.09. The quantitative estimate of drug-likeness (QED) is 0.670. The lowest BCUT2D eigenvalue weighted by atomic mass is 9.92. The zero-order valence-corrected chi connectivity index (χ0v) is 18.6. The molecule has 0 radical (unpaired) electrons. The Labute approximate surface area is 177 Å². The third-order valence-corrected chi connectivity index (χ3v) is 7.29. The number of aryl methyl sites for hydroxylation is 1. The molecule has 0 bridgehead atoms. The Morgan fingerprint density at radius 1 is 1.10 bits per heavy atom. The van der Waals surface area contributed by atoms with Crippen LogP contribution < -0.4 is 10.6 Å². The molecule has 8 nitrogen and oxygen atoms in total. The number of hydrogen-bond donors (Lipinski definition) is 1. The summed E-state index contributed by atoms with van der Waals surface area (Å²) in [6.07, 6.45) is 1.11. The number of anilines is 1. The minimum atomic E-state index is -3.82. The Kier molecular flexibility index (Phi) is 5.88. The number of rotatable bonds is 7. The van der Waals surface area contributed by atoms with Gasteiger partial charge in [-0.25, -0.2) is 8.42 Å². The van der Waals surface area contributed by atoms with E-state index in [0.717, 1.165) is 4.90 Å². The molecule has 30 heavy (non-hydrogen) atoms. The standard InChI is InChI=1S/C21H28N4O4S/c1-5-16-19(17(6-2)24(23-16)12-11-22)30(28,29)15-9-7-14(8-10-15)25-18(26)13-21(3,4)20(25)27/h7-10H,5-6,11-13,22H2,1-4H3. The molecule has 0 aliphatic carbocycles. The summed E-state index contributed by atoms with van der Waals surface area (Å²) >= 11 is 0. The lowest BCUT2D eigenvalue weighted by Crippen LogP contribution is -2.32. The first-order valence-electron chi connectivity index (χ1n) is 10.1. The van der Waals surface area contributed by atoms with E-state index >= 15 is 0 Å². The monoisotopic (exact) mass is 432 g/mol. The van der Waals surface area contributed by atoms with Crippen LogP contribution >= 0.6 is 0 Å². The van der Waals surface area contributed by atoms with Crippen LogP contribution in [0, 0.1) is 5.41 Å². The van der Waals surface area contributed by atoms with Gasteiger partial charge in [0, 0.05) is 13.0 Å². The molecule has 1 fully saturated rings. The van der Waals surface area contributed by atoms with Gasteiger partial charge in [-0.15, -0.1) is 0 Å². The number of nitrogens with two attached hydrogens (primary N) is 1. The number of sulfone groups is 1. The molecular formula is C21H28N4O4S. The van der Waals surface area contributed by atoms with E-state index in [1.54, 1.807) is 18.5 Å². The molecule has 0 spiro atoms. The molecule has 162 valence electrons. The fraction of sp³-hybridized carbons (Fsp3) is 0.476. The van der Waals surface area contributed by atoms with E-state index in [0.29, 0.717) is 43.0 Å². The van der Waals surface area contributed by atoms with Gasteiger partial charge in [-0.2, -0.15) is 5.10 Å². The smallest absolute Gasteiger partial charge is 0.239 e. The van der Waals surface area contributed by atoms with Gasteiger partial charge in [0.2, 0.25) is 21.7 Å². The number of imide groups is 1. The first-order valence-corrected chi connectivity index (χ1v) is 11.6. The van der Waals surface area contributed by atoms with E-state index in [4.69, 9.17) is 5.73 Å². The first-order chi connectivity index (χ1) is 14.1. The van der Waals surface area contributed by atoms with Gasteiger partial charge >= 0.3 is 0 Å². The van der Waals surface area contributed by atoms with E-state index in [-0.39, 0.29) is 28.0 Å². The predicted molar refractivity (Wildman–Crippen MR) is 113 cm³/mol. The highest BCUT2D eigenvalue weighted by atomic mass is 32.2. The first kappa shape index (κ1) is 22.2. The summed E-state index contributed by atoms with van der Waals surface area (Å²) in [5.41, 5.74) is 6.41. The largest absolute Gasteiger partial charge is 0.329 e. The van der Waals surface area contributed by atoms with Crippen LogP contribution in [0.3, 0.4) is 0 Å². The zero-order chi connectivity index (χ0) is 22.3. The van der Waals surface area contributed by atoms with Crippen molar-refractivity contribution in [3.05, 3.63) is 35.7 Å². The molecule has 2 amide bonds. The van der Waals surface area contributed by atoms with Crippen molar-refractivity contribution in [2.24, 2.45) is 11.1 Å². The molecule has 0 saturated carbocycles. The van der Waals surface area contributed by atoms with E-state index in [9.17, 15) is 18.0 Å². The molecule has 1 aromatic heterocycles. The van der Waals surface area contributed by atoms with Gasteiger partial charge in [-0.1, -0.05) is 27.7 Å². The van der Waals surface area contributed by atoms with Crippen molar-refractivity contribution >= 4 is 27.3 Å². The topological polar surface area (TPSA) is 115 Å². The Hall–Kier alpha value is -2.52. The van der Waals surface area contributed by atoms with Crippen LogP contribution in [0.2, 0.25) is 0 Å². The summed E-state index contributed by atoms with van der Waals surface area (Å²) in [6.45, 7) is 8.01. The molecule has 1 aromatic carbocycles. The van der Waals surface area contributed by atoms with Crippen LogP contribution in [0.15, 0.2) is 34.1 Å². The van der Waals surface area contributed by atoms with Crippen molar-refractivity contribution in [1.29, 1.82) is 0 Å². The van der Waals surface area contributed by atoms with Gasteiger partial charge in [0.1, 0.15) is 4.90 Å². The van der Waals surface area contributed by atoms with E-state index in [1.807, 2.05) is 13.8 Å². The summed E-state index contributed by atoms with van der Waals surface area (Å²) < 4.78 is 28.6. The normalized spacial score (nSPS) is 16.5. The molecule has 0 unspecified atom stereocenters. The maximum atomic E-state index is 13.4. The molecule has 0 atom stereocenters. The zero-order valence-electron chi connectivity index (χ0n) is 17.8. The third-order valence-electron chi connectivity index (χ3n) is 5.39. The van der Waals surface area contributed by atoms with Crippen LogP contribution in [0.25, 0.3) is 0 Å². The summed E-state index contributed by atoms with van der Waals surface area (Å²) in [5, 5.41) is 4.46. The number of carbonyl (C=O) groups excluding carboxylic acids is 2. The number of amides is 2. The van der Waals surface area contributed by atoms with E-state index < -0.39 is 15.3 Å². The highest BCUT2D eigenvalue weighted by molar-refractivity contribution is 7.91. The molecule has 2 N–H and O–H groups in total. The minimum absolute atomic E-state index is 0.0984. The van der Waals surface area contributed by atoms with Gasteiger partial charge in [0.05, 0.1) is 33.9 Å². The van der Waals surface area contributed by atoms with E-state index in [2.05, 4.69) is 5.10 Å². The van der Waals surface area contributed by atoms with Crippen LogP contribution in [0.5, 0.6) is 0 Å². The lowest BCUT2D eigenvalue weighted by Gasteiger charge is -2.18. The highest BCUT2D eigenvalue weighted by Crippen LogP contribution is 2.36. The van der Waals surface area contributed by atoms with Crippen molar-refractivity contribution in [2.75, 3.05) is 11.4 Å². The Morgan fingerprint density at radius 2 is 1.73 bits per heavy atom. The lowest BCUT2D eigenvalue weighted by molar-refractivity contribution is -0.124. The molecule has 1 aliphatic rings. The molecule has 1 aliphatic heterocycles. The summed E-state index contributed by atoms with van der Waals surface area (Å²) in [5.74, 6) is -0.571. The van der Waals surface area contributed by atoms with Gasteiger partial charge in [0.25, 0.3) is 0 Å². The van der Waals surface area contributed by atoms with Crippen LogP contribution in [0.4, 0.5) is 5.69 Å². The van der Waals surface area contributed by atoms with Gasteiger partial charge in [-0.3, -0.25) is 19.2 Å². The maximum absolute atomic E-state index is 13.4. The van der Waals surface area contributed by atoms with Crippen molar-refractivity contribution in [1.82, 2.24) is 9.78 Å². The number of carbonyl (C=O) groups is 2. The van der Waals surface area contributed by atoms with Crippen molar-refractivity contribution in [3.63, 3.8) is 0 Å². The summed E-state index contributed by atoms with van der Waals surface area (Å²) in [4.78, 5) is 26.3. The van der Waals surface area contributed by atoms with Crippen LogP contribution in [0.1, 0.15) is 45.5 Å². The SMILES string of the molecule is CCc1nn(CCN)c(CC)c1S(=O)(=O)c1ccc(N2C(=O)CC(C)(C)C2=O)cc1. The molecule has 2 aromatic rings. The fourth-order valence-corrected chi connectivity index (χ4v) is 5.61. The number of benzene rings is 1. The summed E-state index contributed by atoms with van der Waals surface area (Å²) in [7, 11) is -3.82. The molecule has 9 heteroatoms. The average molecular weight is 433 g/mol. The van der Waals surface area contributed by atoms with E-state index in [1.165, 1.54) is 24.3 Å². The number of aromatic nitrogens is 2. The summed E-state index contributed by atoms with van der Waals surface area (Å²) in [6, 6.07) is 5.89. The third kappa shape index (κ3) is 3.56. The van der Waals surface area contributed by atoms with Crippen molar-refractivity contribution in [3.8, 4) is 0 Å². The average Bonchev–Trinajstić information content (AvgIpc) is 3.16. The number of hydrogen-bond acceptors (Lipinski definition) is 6. The fourth-order valence-electron chi connectivity index (χ4n) is 3.83. The second-order valence-electron chi connectivity index (χ2n) is 8.03. The van der Waals surface area contributed by atoms with Gasteiger partial charge in [0.15, 0.2) is 0 Å². The van der Waals surface area contributed by atoms with Crippen LogP contribution in [-0.2, 0) is 38.8 Å². The minimum Gasteiger partial charge on any atom is -0.329 e. The molecular weight excluding hydrogens is 404 g/mol.